The van der Waals surface area contributed by atoms with Crippen LogP contribution in [0, 0.1) is 0 Å². The fourth-order valence-electron chi connectivity index (χ4n) is 1.44. The Morgan fingerprint density at radius 3 is 2.44 bits per heavy atom. The van der Waals surface area contributed by atoms with Crippen LogP contribution in [0.2, 0.25) is 0 Å². The first-order valence-electron chi connectivity index (χ1n) is 5.76. The fourth-order valence-corrected chi connectivity index (χ4v) is 3.13. The molecule has 0 bridgehead atoms. The van der Waals surface area contributed by atoms with Crippen LogP contribution in [0.25, 0.3) is 0 Å². The van der Waals surface area contributed by atoms with E-state index in [0.717, 1.165) is 6.54 Å². The molecule has 0 saturated carbocycles. The second-order valence-electron chi connectivity index (χ2n) is 3.95. The minimum atomic E-state index is -3.21. The molecule has 0 aromatic carbocycles. The Morgan fingerprint density at radius 1 is 1.38 bits per heavy atom. The van der Waals surface area contributed by atoms with Crippen molar-refractivity contribution < 1.29 is 13.5 Å². The maximum absolute atomic E-state index is 12.0. The molecular formula is C10H24N2O3S. The molecule has 0 aromatic rings. The highest BCUT2D eigenvalue weighted by Gasteiger charge is 2.23. The van der Waals surface area contributed by atoms with Crippen molar-refractivity contribution in [2.24, 2.45) is 0 Å². The topological polar surface area (TPSA) is 69.6 Å². The van der Waals surface area contributed by atoms with Crippen LogP contribution < -0.4 is 5.32 Å². The lowest BCUT2D eigenvalue weighted by atomic mass is 10.3. The fraction of sp³-hybridized carbons (Fsp3) is 1.00. The summed E-state index contributed by atoms with van der Waals surface area (Å²) in [4.78, 5) is 0. The minimum Gasteiger partial charge on any atom is -0.396 e. The molecule has 0 aliphatic heterocycles. The lowest BCUT2D eigenvalue weighted by Crippen LogP contribution is -2.41. The second kappa shape index (κ2) is 8.00. The molecular weight excluding hydrogens is 228 g/mol. The molecule has 0 aliphatic carbocycles. The Morgan fingerprint density at radius 2 is 2.00 bits per heavy atom. The number of nitrogens with one attached hydrogen (secondary N) is 1. The number of hydrogen-bond donors (Lipinski definition) is 2. The molecule has 0 aromatic heterocycles. The third kappa shape index (κ3) is 5.79. The van der Waals surface area contributed by atoms with E-state index < -0.39 is 10.0 Å². The van der Waals surface area contributed by atoms with Crippen molar-refractivity contribution in [3.63, 3.8) is 0 Å². The molecule has 98 valence electrons. The Balaban J connectivity index is 4.38. The van der Waals surface area contributed by atoms with Crippen LogP contribution in [0.4, 0.5) is 0 Å². The maximum atomic E-state index is 12.0. The predicted molar refractivity (Wildman–Crippen MR) is 65.9 cm³/mol. The predicted octanol–water partition coefficient (Wildman–Crippen LogP) is 0.0185. The van der Waals surface area contributed by atoms with Gasteiger partial charge in [0.1, 0.15) is 0 Å². The van der Waals surface area contributed by atoms with Crippen molar-refractivity contribution in [3.8, 4) is 0 Å². The van der Waals surface area contributed by atoms with E-state index in [1.165, 1.54) is 4.31 Å². The smallest absolute Gasteiger partial charge is 0.215 e. The van der Waals surface area contributed by atoms with E-state index in [0.29, 0.717) is 19.5 Å². The lowest BCUT2D eigenvalue weighted by Gasteiger charge is -2.25. The van der Waals surface area contributed by atoms with Crippen LogP contribution >= 0.6 is 0 Å². The molecule has 0 rings (SSSR count). The molecule has 0 atom stereocenters. The number of nitrogens with zero attached hydrogens (tertiary/aromatic N) is 1. The molecule has 0 spiro atoms. The number of sulfonamides is 1. The number of rotatable bonds is 9. The first-order chi connectivity index (χ1) is 7.45. The van der Waals surface area contributed by atoms with Gasteiger partial charge in [0.05, 0.1) is 5.75 Å². The van der Waals surface area contributed by atoms with Gasteiger partial charge < -0.3 is 10.4 Å². The Hall–Kier alpha value is -0.170. The van der Waals surface area contributed by atoms with Crippen molar-refractivity contribution in [3.05, 3.63) is 0 Å². The van der Waals surface area contributed by atoms with E-state index >= 15 is 0 Å². The number of aliphatic hydroxyl groups is 1. The summed E-state index contributed by atoms with van der Waals surface area (Å²) >= 11 is 0. The Labute approximate surface area is 98.9 Å². The summed E-state index contributed by atoms with van der Waals surface area (Å²) in [6, 6.07) is -0.0572. The van der Waals surface area contributed by atoms with Crippen LogP contribution in [0.1, 0.15) is 27.2 Å². The Kier molecular flexibility index (Phi) is 7.91. The SMILES string of the molecule is CCNCCS(=O)(=O)N(CCCO)C(C)C. The van der Waals surface area contributed by atoms with Gasteiger partial charge in [-0.25, -0.2) is 8.42 Å². The van der Waals surface area contributed by atoms with Gasteiger partial charge in [0.15, 0.2) is 0 Å². The lowest BCUT2D eigenvalue weighted by molar-refractivity contribution is 0.258. The van der Waals surface area contributed by atoms with Gasteiger partial charge in [-0.15, -0.1) is 0 Å². The molecule has 0 fully saturated rings. The highest BCUT2D eigenvalue weighted by Crippen LogP contribution is 2.08. The first-order valence-corrected chi connectivity index (χ1v) is 7.37. The van der Waals surface area contributed by atoms with Crippen molar-refractivity contribution in [1.29, 1.82) is 0 Å². The molecule has 0 aliphatic rings. The average molecular weight is 252 g/mol. The normalized spacial score (nSPS) is 12.6. The molecule has 16 heavy (non-hydrogen) atoms. The summed E-state index contributed by atoms with van der Waals surface area (Å²) in [6.45, 7) is 7.30. The van der Waals surface area contributed by atoms with Crippen LogP contribution in [0.15, 0.2) is 0 Å². The zero-order valence-corrected chi connectivity index (χ0v) is 11.3. The molecule has 6 heteroatoms. The number of aliphatic hydroxyl groups excluding tert-OH is 1. The van der Waals surface area contributed by atoms with Gasteiger partial charge in [-0.1, -0.05) is 6.92 Å². The molecule has 0 radical (unpaired) electrons. The molecule has 2 N–H and O–H groups in total. The summed E-state index contributed by atoms with van der Waals surface area (Å²) in [5, 5.41) is 11.7. The van der Waals surface area contributed by atoms with Crippen molar-refractivity contribution in [2.45, 2.75) is 33.2 Å². The maximum Gasteiger partial charge on any atom is 0.215 e. The van der Waals surface area contributed by atoms with Crippen LogP contribution in [-0.2, 0) is 10.0 Å². The van der Waals surface area contributed by atoms with Crippen LogP contribution in [-0.4, -0.2) is 55.9 Å². The summed E-state index contributed by atoms with van der Waals surface area (Å²) in [7, 11) is -3.21. The second-order valence-corrected chi connectivity index (χ2v) is 5.99. The molecule has 0 amide bonds. The summed E-state index contributed by atoms with van der Waals surface area (Å²) in [6.07, 6.45) is 0.485. The van der Waals surface area contributed by atoms with Crippen LogP contribution in [0.3, 0.4) is 0 Å². The quantitative estimate of drug-likeness (QED) is 0.568. The summed E-state index contributed by atoms with van der Waals surface area (Å²) < 4.78 is 25.4. The van der Waals surface area contributed by atoms with Gasteiger partial charge in [-0.2, -0.15) is 4.31 Å². The van der Waals surface area contributed by atoms with Gasteiger partial charge in [-0.3, -0.25) is 0 Å². The largest absolute Gasteiger partial charge is 0.396 e. The van der Waals surface area contributed by atoms with E-state index in [4.69, 9.17) is 5.11 Å². The zero-order chi connectivity index (χ0) is 12.6. The summed E-state index contributed by atoms with van der Waals surface area (Å²) in [5.41, 5.74) is 0. The van der Waals surface area contributed by atoms with Gasteiger partial charge in [0, 0.05) is 25.7 Å². The average Bonchev–Trinajstić information content (AvgIpc) is 2.17. The van der Waals surface area contributed by atoms with Crippen molar-refractivity contribution >= 4 is 10.0 Å². The minimum absolute atomic E-state index is 0.0198. The van der Waals surface area contributed by atoms with Gasteiger partial charge in [-0.05, 0) is 26.8 Å². The summed E-state index contributed by atoms with van der Waals surface area (Å²) in [5.74, 6) is 0.116. The van der Waals surface area contributed by atoms with Gasteiger partial charge >= 0.3 is 0 Å². The van der Waals surface area contributed by atoms with E-state index in [-0.39, 0.29) is 18.4 Å². The molecule has 0 unspecified atom stereocenters. The van der Waals surface area contributed by atoms with Gasteiger partial charge in [0.25, 0.3) is 0 Å². The first kappa shape index (κ1) is 15.8. The highest BCUT2D eigenvalue weighted by atomic mass is 32.2. The molecule has 5 nitrogen and oxygen atoms in total. The zero-order valence-electron chi connectivity index (χ0n) is 10.4. The van der Waals surface area contributed by atoms with E-state index in [1.54, 1.807) is 0 Å². The third-order valence-corrected chi connectivity index (χ3v) is 4.30. The van der Waals surface area contributed by atoms with Crippen molar-refractivity contribution in [1.82, 2.24) is 9.62 Å². The third-order valence-electron chi connectivity index (χ3n) is 2.26. The highest BCUT2D eigenvalue weighted by molar-refractivity contribution is 7.89. The number of hydrogen-bond acceptors (Lipinski definition) is 4. The van der Waals surface area contributed by atoms with E-state index in [1.807, 2.05) is 20.8 Å². The van der Waals surface area contributed by atoms with Crippen molar-refractivity contribution in [2.75, 3.05) is 32.0 Å². The van der Waals surface area contributed by atoms with E-state index in [9.17, 15) is 8.42 Å². The Bertz CT molecular complexity index is 265. The molecule has 0 heterocycles. The van der Waals surface area contributed by atoms with E-state index in [2.05, 4.69) is 5.32 Å². The monoisotopic (exact) mass is 252 g/mol. The van der Waals surface area contributed by atoms with Gasteiger partial charge in [0.2, 0.25) is 10.0 Å². The molecule has 0 saturated heterocycles. The standard InChI is InChI=1S/C10H24N2O3S/c1-4-11-6-9-16(14,15)12(10(2)3)7-5-8-13/h10-11,13H,4-9H2,1-3H3. The van der Waals surface area contributed by atoms with Crippen LogP contribution in [0.5, 0.6) is 0 Å².